The van der Waals surface area contributed by atoms with Crippen LogP contribution in [0.15, 0.2) is 35.3 Å². The van der Waals surface area contributed by atoms with Gasteiger partial charge in [0.15, 0.2) is 0 Å². The van der Waals surface area contributed by atoms with Crippen molar-refractivity contribution < 1.29 is 4.39 Å². The molecule has 7 heteroatoms. The highest BCUT2D eigenvalue weighted by molar-refractivity contribution is 5.78. The number of pyridine rings is 1. The Bertz CT molecular complexity index is 857. The molecule has 0 fully saturated rings. The van der Waals surface area contributed by atoms with E-state index in [0.717, 1.165) is 11.1 Å². The van der Waals surface area contributed by atoms with Gasteiger partial charge in [-0.05, 0) is 35.6 Å². The van der Waals surface area contributed by atoms with Crippen LogP contribution in [0.5, 0.6) is 0 Å². The van der Waals surface area contributed by atoms with Crippen molar-refractivity contribution in [2.75, 3.05) is 0 Å². The first-order chi connectivity index (χ1) is 11.0. The van der Waals surface area contributed by atoms with Gasteiger partial charge >= 0.3 is 0 Å². The summed E-state index contributed by atoms with van der Waals surface area (Å²) < 4.78 is 13.2. The molecule has 1 unspecified atom stereocenters. The van der Waals surface area contributed by atoms with Gasteiger partial charge in [-0.1, -0.05) is 13.8 Å². The minimum absolute atomic E-state index is 0.0166. The maximum absolute atomic E-state index is 13.2. The van der Waals surface area contributed by atoms with Gasteiger partial charge in [0.05, 0.1) is 23.4 Å². The minimum atomic E-state index is -0.370. The highest BCUT2D eigenvalue weighted by Crippen LogP contribution is 2.19. The Hall–Kier alpha value is -2.54. The van der Waals surface area contributed by atoms with Gasteiger partial charge in [-0.3, -0.25) is 4.79 Å². The Morgan fingerprint density at radius 1 is 1.30 bits per heavy atom. The molecule has 2 heterocycles. The first-order valence-electron chi connectivity index (χ1n) is 7.45. The molecule has 23 heavy (non-hydrogen) atoms. The van der Waals surface area contributed by atoms with E-state index in [2.05, 4.69) is 39.6 Å². The molecule has 0 spiro atoms. The average molecular weight is 315 g/mol. The van der Waals surface area contributed by atoms with Crippen LogP contribution < -0.4 is 10.9 Å². The Morgan fingerprint density at radius 2 is 2.13 bits per heavy atom. The maximum Gasteiger partial charge on any atom is 0.252 e. The zero-order chi connectivity index (χ0) is 16.4. The molecule has 1 atom stereocenters. The van der Waals surface area contributed by atoms with Gasteiger partial charge in [-0.25, -0.2) is 4.39 Å². The van der Waals surface area contributed by atoms with E-state index in [1.807, 2.05) is 0 Å². The van der Waals surface area contributed by atoms with E-state index < -0.39 is 0 Å². The van der Waals surface area contributed by atoms with Gasteiger partial charge < -0.3 is 10.3 Å². The standard InChI is InChI=1S/C16H18FN5O/c1-9(2)15(14-8-19-22-21-14)18-7-11-5-10-3-4-12(17)6-13(10)20-16(11)23/h3-6,8-9,15,18H,7H2,1-2H3,(H,20,23)(H,19,21,22). The number of benzene rings is 1. The monoisotopic (exact) mass is 315 g/mol. The summed E-state index contributed by atoms with van der Waals surface area (Å²) in [5.74, 6) is -0.0846. The minimum Gasteiger partial charge on any atom is -0.322 e. The number of hydrogen-bond donors (Lipinski definition) is 3. The lowest BCUT2D eigenvalue weighted by atomic mass is 10.0. The van der Waals surface area contributed by atoms with Crippen LogP contribution in [-0.4, -0.2) is 20.4 Å². The average Bonchev–Trinajstić information content (AvgIpc) is 3.01. The second-order valence-corrected chi connectivity index (χ2v) is 5.85. The predicted octanol–water partition coefficient (Wildman–Crippen LogP) is 2.27. The maximum atomic E-state index is 13.2. The second-order valence-electron chi connectivity index (χ2n) is 5.85. The first-order valence-corrected chi connectivity index (χ1v) is 7.45. The molecule has 1 aromatic carbocycles. The number of halogens is 1. The summed E-state index contributed by atoms with van der Waals surface area (Å²) in [6, 6.07) is 6.12. The number of nitrogens with zero attached hydrogens (tertiary/aromatic N) is 2. The Kier molecular flexibility index (Phi) is 4.20. The third kappa shape index (κ3) is 3.29. The van der Waals surface area contributed by atoms with Crippen molar-refractivity contribution in [3.8, 4) is 0 Å². The largest absolute Gasteiger partial charge is 0.322 e. The van der Waals surface area contributed by atoms with Crippen LogP contribution in [0.1, 0.15) is 31.1 Å². The smallest absolute Gasteiger partial charge is 0.252 e. The first kappa shape index (κ1) is 15.4. The fourth-order valence-corrected chi connectivity index (χ4v) is 2.61. The summed E-state index contributed by atoms with van der Waals surface area (Å²) in [6.45, 7) is 4.53. The molecule has 0 aliphatic rings. The van der Waals surface area contributed by atoms with Crippen LogP contribution in [0.4, 0.5) is 4.39 Å². The molecular weight excluding hydrogens is 297 g/mol. The van der Waals surface area contributed by atoms with Crippen molar-refractivity contribution in [1.29, 1.82) is 0 Å². The normalized spacial score (nSPS) is 12.9. The van der Waals surface area contributed by atoms with Gasteiger partial charge in [-0.2, -0.15) is 15.4 Å². The van der Waals surface area contributed by atoms with Gasteiger partial charge in [-0.15, -0.1) is 0 Å². The SMILES string of the molecule is CC(C)C(NCc1cc2ccc(F)cc2[nH]c1=O)c1cn[nH]n1. The molecule has 0 bridgehead atoms. The molecule has 0 aliphatic carbocycles. The van der Waals surface area contributed by atoms with E-state index in [9.17, 15) is 9.18 Å². The summed E-state index contributed by atoms with van der Waals surface area (Å²) in [5, 5.41) is 14.7. The third-order valence-electron chi connectivity index (χ3n) is 3.82. The lowest BCUT2D eigenvalue weighted by molar-refractivity contribution is 0.401. The number of hydrogen-bond acceptors (Lipinski definition) is 4. The van der Waals surface area contributed by atoms with E-state index in [4.69, 9.17) is 0 Å². The lowest BCUT2D eigenvalue weighted by Gasteiger charge is -2.20. The fourth-order valence-electron chi connectivity index (χ4n) is 2.61. The molecular formula is C16H18FN5O. The molecule has 0 radical (unpaired) electrons. The van der Waals surface area contributed by atoms with Gasteiger partial charge in [0.2, 0.25) is 0 Å². The van der Waals surface area contributed by atoms with Crippen molar-refractivity contribution in [2.24, 2.45) is 5.92 Å². The number of H-pyrrole nitrogens is 2. The Balaban J connectivity index is 1.85. The van der Waals surface area contributed by atoms with Crippen molar-refractivity contribution in [3.05, 3.63) is 57.9 Å². The molecule has 2 aromatic heterocycles. The van der Waals surface area contributed by atoms with E-state index in [1.165, 1.54) is 12.1 Å². The second kappa shape index (κ2) is 6.29. The fraction of sp³-hybridized carbons (Fsp3) is 0.312. The van der Waals surface area contributed by atoms with Gasteiger partial charge in [0.1, 0.15) is 5.82 Å². The zero-order valence-electron chi connectivity index (χ0n) is 12.9. The van der Waals surface area contributed by atoms with Gasteiger partial charge in [0, 0.05) is 12.1 Å². The summed E-state index contributed by atoms with van der Waals surface area (Å²) in [6.07, 6.45) is 1.67. The molecule has 0 amide bonds. The van der Waals surface area contributed by atoms with E-state index in [1.54, 1.807) is 18.3 Å². The number of aromatic nitrogens is 4. The number of rotatable bonds is 5. The van der Waals surface area contributed by atoms with E-state index in [0.29, 0.717) is 17.6 Å². The van der Waals surface area contributed by atoms with E-state index in [-0.39, 0.29) is 23.3 Å². The van der Waals surface area contributed by atoms with Crippen molar-refractivity contribution in [2.45, 2.75) is 26.4 Å². The quantitative estimate of drug-likeness (QED) is 0.674. The van der Waals surface area contributed by atoms with Gasteiger partial charge in [0.25, 0.3) is 5.56 Å². The topological polar surface area (TPSA) is 86.5 Å². The molecule has 3 N–H and O–H groups in total. The number of fused-ring (bicyclic) bond motifs is 1. The summed E-state index contributed by atoms with van der Waals surface area (Å²) in [5.41, 5.74) is 1.67. The molecule has 0 aliphatic heterocycles. The Morgan fingerprint density at radius 3 is 2.83 bits per heavy atom. The molecule has 3 aromatic rings. The summed E-state index contributed by atoms with van der Waals surface area (Å²) in [4.78, 5) is 14.9. The van der Waals surface area contributed by atoms with Crippen LogP contribution in [0, 0.1) is 11.7 Å². The van der Waals surface area contributed by atoms with Crippen LogP contribution in [-0.2, 0) is 6.54 Å². The molecule has 3 rings (SSSR count). The third-order valence-corrected chi connectivity index (χ3v) is 3.82. The van der Waals surface area contributed by atoms with Crippen LogP contribution in [0.3, 0.4) is 0 Å². The Labute approximate surface area is 132 Å². The van der Waals surface area contributed by atoms with E-state index >= 15 is 0 Å². The van der Waals surface area contributed by atoms with Crippen LogP contribution >= 0.6 is 0 Å². The van der Waals surface area contributed by atoms with Crippen molar-refractivity contribution in [1.82, 2.24) is 25.7 Å². The lowest BCUT2D eigenvalue weighted by Crippen LogP contribution is -2.28. The van der Waals surface area contributed by atoms with Crippen LogP contribution in [0.2, 0.25) is 0 Å². The molecule has 120 valence electrons. The number of aromatic amines is 2. The predicted molar refractivity (Wildman–Crippen MR) is 85.3 cm³/mol. The summed E-state index contributed by atoms with van der Waals surface area (Å²) in [7, 11) is 0. The van der Waals surface area contributed by atoms with Crippen LogP contribution in [0.25, 0.3) is 10.9 Å². The zero-order valence-corrected chi connectivity index (χ0v) is 12.9. The number of nitrogens with one attached hydrogen (secondary N) is 3. The molecule has 6 nitrogen and oxygen atoms in total. The van der Waals surface area contributed by atoms with Crippen molar-refractivity contribution in [3.63, 3.8) is 0 Å². The highest BCUT2D eigenvalue weighted by atomic mass is 19.1. The molecule has 0 saturated carbocycles. The summed E-state index contributed by atoms with van der Waals surface area (Å²) >= 11 is 0. The highest BCUT2D eigenvalue weighted by Gasteiger charge is 2.18. The molecule has 0 saturated heterocycles. The van der Waals surface area contributed by atoms with Crippen molar-refractivity contribution >= 4 is 10.9 Å².